The van der Waals surface area contributed by atoms with Gasteiger partial charge in [-0.2, -0.15) is 0 Å². The summed E-state index contributed by atoms with van der Waals surface area (Å²) in [4.78, 5) is 29.6. The van der Waals surface area contributed by atoms with Crippen LogP contribution in [0.25, 0.3) is 40.0 Å². The Morgan fingerprint density at radius 1 is 0.610 bits per heavy atom. The Kier molecular flexibility index (Phi) is 5.98. The summed E-state index contributed by atoms with van der Waals surface area (Å²) in [5, 5.41) is 6.55. The van der Waals surface area contributed by atoms with Crippen LogP contribution in [-0.2, 0) is 9.59 Å². The molecule has 196 valence electrons. The third kappa shape index (κ3) is 4.57. The second-order valence-electron chi connectivity index (χ2n) is 9.84. The first-order valence-electron chi connectivity index (χ1n) is 13.3. The zero-order valence-electron chi connectivity index (χ0n) is 21.9. The Hall–Kier alpha value is -5.75. The molecule has 0 saturated carbocycles. The number of anilines is 2. The molecule has 0 saturated heterocycles. The lowest BCUT2D eigenvalue weighted by Crippen LogP contribution is -2.06. The maximum atomic E-state index is 12.5. The van der Waals surface area contributed by atoms with E-state index in [4.69, 9.17) is 0 Å². The number of hydrogen-bond acceptors (Lipinski definition) is 5. The van der Waals surface area contributed by atoms with Crippen molar-refractivity contribution in [3.8, 4) is 5.69 Å². The Balaban J connectivity index is 1.09. The number of imidazole rings is 1. The molecule has 2 aliphatic carbocycles. The van der Waals surface area contributed by atoms with Gasteiger partial charge in [-0.05, 0) is 76.9 Å². The van der Waals surface area contributed by atoms with Gasteiger partial charge >= 0.3 is 0 Å². The Morgan fingerprint density at radius 2 is 1.17 bits per heavy atom. The van der Waals surface area contributed by atoms with E-state index in [0.717, 1.165) is 50.3 Å². The van der Waals surface area contributed by atoms with Crippen molar-refractivity contribution in [2.75, 3.05) is 10.6 Å². The molecule has 5 aromatic rings. The van der Waals surface area contributed by atoms with Crippen molar-refractivity contribution >= 4 is 57.3 Å². The summed E-state index contributed by atoms with van der Waals surface area (Å²) in [6.45, 7) is 0. The van der Waals surface area contributed by atoms with Crippen LogP contribution >= 0.6 is 0 Å². The summed E-state index contributed by atoms with van der Waals surface area (Å²) in [5.41, 5.74) is 9.64. The van der Waals surface area contributed by atoms with E-state index in [2.05, 4.69) is 15.6 Å². The van der Waals surface area contributed by atoms with Crippen molar-refractivity contribution in [1.29, 1.82) is 0 Å². The van der Waals surface area contributed by atoms with Gasteiger partial charge < -0.3 is 10.6 Å². The molecule has 1 aromatic heterocycles. The maximum Gasteiger partial charge on any atom is 0.187 e. The minimum atomic E-state index is -0.0253. The lowest BCUT2D eigenvalue weighted by atomic mass is 9.92. The van der Waals surface area contributed by atoms with E-state index in [9.17, 15) is 9.59 Å². The zero-order valence-corrected chi connectivity index (χ0v) is 21.9. The van der Waals surface area contributed by atoms with Gasteiger partial charge in [-0.25, -0.2) is 4.98 Å². The molecule has 0 amide bonds. The smallest absolute Gasteiger partial charge is 0.187 e. The largest absolute Gasteiger partial charge is 0.361 e. The fourth-order valence-corrected chi connectivity index (χ4v) is 5.19. The van der Waals surface area contributed by atoms with Crippen LogP contribution in [0, 0.1) is 0 Å². The van der Waals surface area contributed by atoms with E-state index in [-0.39, 0.29) is 11.6 Å². The van der Waals surface area contributed by atoms with Crippen LogP contribution < -0.4 is 10.6 Å². The number of benzene rings is 4. The van der Waals surface area contributed by atoms with Crippen molar-refractivity contribution in [3.63, 3.8) is 0 Å². The molecule has 0 unspecified atom stereocenters. The molecule has 0 spiro atoms. The number of aromatic nitrogens is 2. The Bertz CT molecular complexity index is 1970. The topological polar surface area (TPSA) is 76.0 Å². The zero-order chi connectivity index (χ0) is 27.8. The van der Waals surface area contributed by atoms with E-state index in [1.165, 1.54) is 0 Å². The number of fused-ring (bicyclic) bond motifs is 3. The SMILES string of the molecule is O=C1C=Cc2ccccc2/C1=C/Nc1ccc(-n2cnc3cc(N/C=C4/C(=O)C=Cc5ccccc54)ccc32)cc1. The van der Waals surface area contributed by atoms with Crippen LogP contribution in [0.3, 0.4) is 0 Å². The lowest BCUT2D eigenvalue weighted by Gasteiger charge is -2.14. The first-order chi connectivity index (χ1) is 20.1. The summed E-state index contributed by atoms with van der Waals surface area (Å²) in [6.07, 6.45) is 12.2. The van der Waals surface area contributed by atoms with E-state index in [1.54, 1.807) is 30.9 Å². The van der Waals surface area contributed by atoms with Crippen molar-refractivity contribution in [2.45, 2.75) is 0 Å². The second-order valence-corrected chi connectivity index (χ2v) is 9.84. The number of hydrogen-bond donors (Lipinski definition) is 2. The van der Waals surface area contributed by atoms with E-state index < -0.39 is 0 Å². The van der Waals surface area contributed by atoms with Gasteiger partial charge in [-0.15, -0.1) is 0 Å². The van der Waals surface area contributed by atoms with Crippen LogP contribution in [0.4, 0.5) is 11.4 Å². The summed E-state index contributed by atoms with van der Waals surface area (Å²) < 4.78 is 2.03. The monoisotopic (exact) mass is 532 g/mol. The Labute approximate surface area is 236 Å². The fraction of sp³-hybridized carbons (Fsp3) is 0. The van der Waals surface area contributed by atoms with Gasteiger partial charge in [0.25, 0.3) is 0 Å². The predicted octanol–water partition coefficient (Wildman–Crippen LogP) is 7.12. The highest BCUT2D eigenvalue weighted by atomic mass is 16.1. The van der Waals surface area contributed by atoms with E-state index in [0.29, 0.717) is 11.1 Å². The van der Waals surface area contributed by atoms with Crippen molar-refractivity contribution in [2.24, 2.45) is 0 Å². The minimum Gasteiger partial charge on any atom is -0.361 e. The van der Waals surface area contributed by atoms with Crippen molar-refractivity contribution < 1.29 is 9.59 Å². The molecule has 0 radical (unpaired) electrons. The molecular formula is C35H24N4O2. The number of ketones is 2. The van der Waals surface area contributed by atoms with Crippen molar-refractivity contribution in [1.82, 2.24) is 9.55 Å². The van der Waals surface area contributed by atoms with Gasteiger partial charge in [0.05, 0.1) is 11.0 Å². The second kappa shape index (κ2) is 10.1. The van der Waals surface area contributed by atoms with Gasteiger partial charge in [0.2, 0.25) is 0 Å². The van der Waals surface area contributed by atoms with E-state index in [1.807, 2.05) is 108 Å². The summed E-state index contributed by atoms with van der Waals surface area (Å²) in [5.74, 6) is -0.0440. The molecule has 4 aromatic carbocycles. The standard InChI is InChI=1S/C35H24N4O2/c40-34-17-9-23-5-1-3-7-28(23)30(34)20-36-25-11-14-27(15-12-25)39-22-38-32-19-26(13-16-33(32)39)37-21-31-29-8-4-2-6-24(29)10-18-35(31)41/h1-22,36-37H/b30-20-,31-21+. The van der Waals surface area contributed by atoms with Crippen LogP contribution in [0.2, 0.25) is 0 Å². The molecule has 0 fully saturated rings. The molecule has 0 aliphatic heterocycles. The fourth-order valence-electron chi connectivity index (χ4n) is 5.19. The van der Waals surface area contributed by atoms with E-state index >= 15 is 0 Å². The molecule has 0 bridgehead atoms. The van der Waals surface area contributed by atoms with Crippen molar-refractivity contribution in [3.05, 3.63) is 144 Å². The molecule has 6 heteroatoms. The van der Waals surface area contributed by atoms with Gasteiger partial charge in [0.1, 0.15) is 6.33 Å². The average molecular weight is 533 g/mol. The molecule has 7 rings (SSSR count). The molecule has 41 heavy (non-hydrogen) atoms. The number of nitrogens with one attached hydrogen (secondary N) is 2. The normalized spacial score (nSPS) is 15.8. The Morgan fingerprint density at radius 3 is 1.80 bits per heavy atom. The minimum absolute atomic E-state index is 0.0187. The number of carbonyl (C=O) groups is 2. The first-order valence-corrected chi connectivity index (χ1v) is 13.3. The predicted molar refractivity (Wildman–Crippen MR) is 165 cm³/mol. The van der Waals surface area contributed by atoms with Crippen LogP contribution in [0.15, 0.2) is 122 Å². The summed E-state index contributed by atoms with van der Waals surface area (Å²) in [7, 11) is 0. The third-order valence-electron chi connectivity index (χ3n) is 7.32. The van der Waals surface area contributed by atoms with Gasteiger partial charge in [-0.1, -0.05) is 60.7 Å². The number of nitrogens with zero attached hydrogens (tertiary/aromatic N) is 2. The van der Waals surface area contributed by atoms with Gasteiger partial charge in [-0.3, -0.25) is 14.2 Å². The highest BCUT2D eigenvalue weighted by molar-refractivity contribution is 6.30. The van der Waals surface area contributed by atoms with Crippen LogP contribution in [-0.4, -0.2) is 21.1 Å². The number of rotatable bonds is 5. The molecule has 2 aliphatic rings. The molecule has 1 heterocycles. The van der Waals surface area contributed by atoms with Crippen LogP contribution in [0.5, 0.6) is 0 Å². The summed E-state index contributed by atoms with van der Waals surface area (Å²) >= 11 is 0. The number of carbonyl (C=O) groups excluding carboxylic acids is 2. The highest BCUT2D eigenvalue weighted by Crippen LogP contribution is 2.29. The summed E-state index contributed by atoms with van der Waals surface area (Å²) in [6, 6.07) is 29.6. The quantitative estimate of drug-likeness (QED) is 0.236. The molecule has 6 nitrogen and oxygen atoms in total. The first kappa shape index (κ1) is 24.3. The van der Waals surface area contributed by atoms with Crippen LogP contribution in [0.1, 0.15) is 22.3 Å². The molecular weight excluding hydrogens is 508 g/mol. The molecule has 2 N–H and O–H groups in total. The number of allylic oxidation sites excluding steroid dienone is 4. The average Bonchev–Trinajstić information content (AvgIpc) is 3.44. The molecule has 0 atom stereocenters. The third-order valence-corrected chi connectivity index (χ3v) is 7.32. The highest BCUT2D eigenvalue weighted by Gasteiger charge is 2.17. The van der Waals surface area contributed by atoms with Gasteiger partial charge in [0.15, 0.2) is 11.6 Å². The maximum absolute atomic E-state index is 12.5. The lowest BCUT2D eigenvalue weighted by molar-refractivity contribution is -0.110. The van der Waals surface area contributed by atoms with Gasteiger partial charge in [0, 0.05) is 40.6 Å².